The van der Waals surface area contributed by atoms with Crippen molar-refractivity contribution in [2.45, 2.75) is 26.7 Å². The molecular formula is C12H17NO5. The van der Waals surface area contributed by atoms with Crippen molar-refractivity contribution >= 4 is 11.8 Å². The van der Waals surface area contributed by atoms with E-state index in [9.17, 15) is 14.9 Å². The molecule has 0 N–H and O–H groups in total. The average Bonchev–Trinajstić information content (AvgIpc) is 2.39. The molecule has 0 saturated heterocycles. The molecule has 0 radical (unpaired) electrons. The summed E-state index contributed by atoms with van der Waals surface area (Å²) >= 11 is 0. The molecule has 0 atom stereocenters. The number of unbranched alkanes of at least 4 members (excludes halogenated alkanes) is 1. The van der Waals surface area contributed by atoms with Gasteiger partial charge in [-0.3, -0.25) is 10.1 Å². The van der Waals surface area contributed by atoms with Gasteiger partial charge in [0, 0.05) is 12.1 Å². The number of benzene rings is 1. The Balaban J connectivity index is 0.000000631. The highest BCUT2D eigenvalue weighted by molar-refractivity contribution is 5.63. The lowest BCUT2D eigenvalue weighted by molar-refractivity contribution is -0.384. The van der Waals surface area contributed by atoms with Gasteiger partial charge in [0.1, 0.15) is 5.75 Å². The largest absolute Gasteiger partial charge is 0.513 e. The molecule has 0 spiro atoms. The van der Waals surface area contributed by atoms with Gasteiger partial charge in [0.25, 0.3) is 5.69 Å². The lowest BCUT2D eigenvalue weighted by Crippen LogP contribution is -2.06. The Bertz CT molecular complexity index is 373. The molecule has 0 saturated carbocycles. The smallest absolute Gasteiger partial charge is 0.437 e. The lowest BCUT2D eigenvalue weighted by atomic mass is 10.3. The van der Waals surface area contributed by atoms with Gasteiger partial charge >= 0.3 is 6.16 Å². The van der Waals surface area contributed by atoms with E-state index in [1.807, 2.05) is 0 Å². The van der Waals surface area contributed by atoms with E-state index in [0.717, 1.165) is 0 Å². The highest BCUT2D eigenvalue weighted by atomic mass is 16.7. The van der Waals surface area contributed by atoms with Crippen LogP contribution >= 0.6 is 0 Å². The highest BCUT2D eigenvalue weighted by Gasteiger charge is 2.07. The number of hydrogen-bond donors (Lipinski definition) is 0. The summed E-state index contributed by atoms with van der Waals surface area (Å²) in [5, 5.41) is 10.3. The van der Waals surface area contributed by atoms with Crippen LogP contribution in [0.2, 0.25) is 0 Å². The molecule has 1 rings (SSSR count). The minimum absolute atomic E-state index is 0.0674. The zero-order chi connectivity index (χ0) is 14.0. The van der Waals surface area contributed by atoms with Gasteiger partial charge in [0.05, 0.1) is 12.0 Å². The molecule has 0 aromatic heterocycles. The summed E-state index contributed by atoms with van der Waals surface area (Å²) in [7, 11) is 1.17. The number of rotatable bonds is 3. The van der Waals surface area contributed by atoms with Crippen molar-refractivity contribution in [1.29, 1.82) is 0 Å². The molecule has 0 fully saturated rings. The van der Waals surface area contributed by atoms with Crippen LogP contribution in [0.5, 0.6) is 5.75 Å². The Morgan fingerprint density at radius 2 is 1.72 bits per heavy atom. The van der Waals surface area contributed by atoms with Crippen LogP contribution in [-0.4, -0.2) is 18.2 Å². The zero-order valence-corrected chi connectivity index (χ0v) is 10.7. The maximum atomic E-state index is 10.6. The molecule has 0 aliphatic heterocycles. The van der Waals surface area contributed by atoms with Crippen molar-refractivity contribution in [3.05, 3.63) is 34.4 Å². The normalized spacial score (nSPS) is 8.83. The Morgan fingerprint density at radius 1 is 1.22 bits per heavy atom. The maximum Gasteiger partial charge on any atom is 0.513 e. The topological polar surface area (TPSA) is 78.7 Å². The maximum absolute atomic E-state index is 10.6. The molecule has 0 heterocycles. The van der Waals surface area contributed by atoms with Crippen molar-refractivity contribution in [3.63, 3.8) is 0 Å². The summed E-state index contributed by atoms with van der Waals surface area (Å²) in [6.07, 6.45) is 1.78. The number of non-ortho nitro benzene ring substituents is 1. The number of nitro benzene ring substituents is 1. The van der Waals surface area contributed by atoms with Crippen molar-refractivity contribution in [1.82, 2.24) is 0 Å². The summed E-state index contributed by atoms with van der Waals surface area (Å²) in [6.45, 7) is 4.36. The van der Waals surface area contributed by atoms with E-state index in [0.29, 0.717) is 0 Å². The summed E-state index contributed by atoms with van der Waals surface area (Å²) in [6, 6.07) is 5.10. The van der Waals surface area contributed by atoms with Crippen molar-refractivity contribution < 1.29 is 19.2 Å². The van der Waals surface area contributed by atoms with E-state index in [2.05, 4.69) is 23.3 Å². The van der Waals surface area contributed by atoms with Gasteiger partial charge in [-0.1, -0.05) is 26.7 Å². The summed E-state index contributed by atoms with van der Waals surface area (Å²) in [5.74, 6) is 0.197. The highest BCUT2D eigenvalue weighted by Crippen LogP contribution is 2.17. The second-order valence-electron chi connectivity index (χ2n) is 3.31. The summed E-state index contributed by atoms with van der Waals surface area (Å²) < 4.78 is 8.85. The van der Waals surface area contributed by atoms with Crippen LogP contribution in [0.4, 0.5) is 10.5 Å². The second kappa shape index (κ2) is 8.98. The molecule has 0 amide bonds. The lowest BCUT2D eigenvalue weighted by Gasteiger charge is -2.00. The number of nitrogens with zero attached hydrogens (tertiary/aromatic N) is 1. The fourth-order valence-corrected chi connectivity index (χ4v) is 0.774. The van der Waals surface area contributed by atoms with Crippen molar-refractivity contribution in [2.75, 3.05) is 7.11 Å². The van der Waals surface area contributed by atoms with E-state index in [-0.39, 0.29) is 11.4 Å². The SMILES string of the molecule is CCCC.COC(=O)Oc1ccc([N+](=O)[O-])cc1. The van der Waals surface area contributed by atoms with Crippen molar-refractivity contribution in [2.24, 2.45) is 0 Å². The fraction of sp³-hybridized carbons (Fsp3) is 0.417. The third-order valence-corrected chi connectivity index (χ3v) is 1.92. The third kappa shape index (κ3) is 6.47. The number of ether oxygens (including phenoxy) is 2. The van der Waals surface area contributed by atoms with Gasteiger partial charge in [0.2, 0.25) is 0 Å². The monoisotopic (exact) mass is 255 g/mol. The van der Waals surface area contributed by atoms with E-state index in [4.69, 9.17) is 0 Å². The fourth-order valence-electron chi connectivity index (χ4n) is 0.774. The number of carbonyl (C=O) groups excluding carboxylic acids is 1. The van der Waals surface area contributed by atoms with Crippen LogP contribution < -0.4 is 4.74 Å². The molecular weight excluding hydrogens is 238 g/mol. The van der Waals surface area contributed by atoms with Crippen molar-refractivity contribution in [3.8, 4) is 5.75 Å². The first-order valence-corrected chi connectivity index (χ1v) is 5.55. The standard InChI is InChI=1S/C8H7NO5.C4H10/c1-13-8(10)14-7-4-2-6(3-5-7)9(11)12;1-3-4-2/h2-5H,1H3;3-4H2,1-2H3. The molecule has 100 valence electrons. The zero-order valence-electron chi connectivity index (χ0n) is 10.7. The van der Waals surface area contributed by atoms with Crippen LogP contribution in [0.3, 0.4) is 0 Å². The Kier molecular flexibility index (Phi) is 7.92. The van der Waals surface area contributed by atoms with Crippen LogP contribution in [0.15, 0.2) is 24.3 Å². The molecule has 0 aliphatic rings. The Hall–Kier alpha value is -2.11. The predicted octanol–water partition coefficient (Wildman–Crippen LogP) is 3.55. The number of carbonyl (C=O) groups is 1. The van der Waals surface area contributed by atoms with Gasteiger partial charge in [-0.2, -0.15) is 0 Å². The molecule has 6 nitrogen and oxygen atoms in total. The first-order valence-electron chi connectivity index (χ1n) is 5.55. The summed E-state index contributed by atoms with van der Waals surface area (Å²) in [5.41, 5.74) is -0.0674. The number of nitro groups is 1. The van der Waals surface area contributed by atoms with Gasteiger partial charge < -0.3 is 9.47 Å². The van der Waals surface area contributed by atoms with E-state index in [1.165, 1.54) is 44.2 Å². The summed E-state index contributed by atoms with van der Waals surface area (Å²) in [4.78, 5) is 20.3. The molecule has 0 unspecified atom stereocenters. The second-order valence-corrected chi connectivity index (χ2v) is 3.31. The van der Waals surface area contributed by atoms with Crippen LogP contribution in [0, 0.1) is 10.1 Å². The van der Waals surface area contributed by atoms with E-state index in [1.54, 1.807) is 0 Å². The first kappa shape index (κ1) is 15.9. The quantitative estimate of drug-likeness (QED) is 0.357. The molecule has 18 heavy (non-hydrogen) atoms. The van der Waals surface area contributed by atoms with E-state index >= 15 is 0 Å². The molecule has 1 aromatic carbocycles. The van der Waals surface area contributed by atoms with Crippen LogP contribution in [-0.2, 0) is 4.74 Å². The Labute approximate surface area is 106 Å². The van der Waals surface area contributed by atoms with Crippen LogP contribution in [0.1, 0.15) is 26.7 Å². The number of methoxy groups -OCH3 is 1. The van der Waals surface area contributed by atoms with Gasteiger partial charge in [-0.15, -0.1) is 0 Å². The van der Waals surface area contributed by atoms with Gasteiger partial charge in [-0.25, -0.2) is 4.79 Å². The van der Waals surface area contributed by atoms with Gasteiger partial charge in [-0.05, 0) is 12.1 Å². The number of hydrogen-bond acceptors (Lipinski definition) is 5. The van der Waals surface area contributed by atoms with Crippen LogP contribution in [0.25, 0.3) is 0 Å². The molecule has 6 heteroatoms. The van der Waals surface area contributed by atoms with Gasteiger partial charge in [0.15, 0.2) is 0 Å². The average molecular weight is 255 g/mol. The molecule has 1 aromatic rings. The predicted molar refractivity (Wildman–Crippen MR) is 66.7 cm³/mol. The Morgan fingerprint density at radius 3 is 2.06 bits per heavy atom. The first-order chi connectivity index (χ1) is 8.54. The minimum Gasteiger partial charge on any atom is -0.437 e. The third-order valence-electron chi connectivity index (χ3n) is 1.92. The van der Waals surface area contributed by atoms with E-state index < -0.39 is 11.1 Å². The molecule has 0 aliphatic carbocycles. The molecule has 0 bridgehead atoms. The minimum atomic E-state index is -0.862.